The van der Waals surface area contributed by atoms with Gasteiger partial charge in [0.2, 0.25) is 0 Å². The molecule has 13 heteroatoms. The molecule has 0 bridgehead atoms. The van der Waals surface area contributed by atoms with Gasteiger partial charge in [-0.1, -0.05) is 157 Å². The van der Waals surface area contributed by atoms with Crippen molar-refractivity contribution in [2.24, 2.45) is 0 Å². The quantitative estimate of drug-likeness (QED) is 0.0198. The smallest absolute Gasteiger partial charge is 0.306 e. The predicted molar refractivity (Wildman–Crippen MR) is 256 cm³/mol. The molecular weight excluding hydrogens is 837 g/mol. The molecule has 0 amide bonds. The minimum Gasteiger partial charge on any atom is -0.462 e. The molecule has 6 atom stereocenters. The fourth-order valence-electron chi connectivity index (χ4n) is 6.80. The first-order chi connectivity index (χ1) is 31.0. The lowest BCUT2D eigenvalue weighted by atomic mass is 10.00. The van der Waals surface area contributed by atoms with Crippen molar-refractivity contribution < 1.29 is 56.8 Å². The van der Waals surface area contributed by atoms with E-state index >= 15 is 0 Å². The number of carbonyl (C=O) groups is 2. The van der Waals surface area contributed by atoms with Crippen LogP contribution in [0.15, 0.2) is 85.1 Å². The summed E-state index contributed by atoms with van der Waals surface area (Å²) in [4.78, 5) is 25.5. The molecular formula is C51H84O12S. The van der Waals surface area contributed by atoms with E-state index in [1.54, 1.807) is 0 Å². The van der Waals surface area contributed by atoms with Gasteiger partial charge in [0.15, 0.2) is 12.4 Å². The van der Waals surface area contributed by atoms with E-state index in [4.69, 9.17) is 18.9 Å². The molecule has 1 rings (SSSR count). The summed E-state index contributed by atoms with van der Waals surface area (Å²) in [6, 6.07) is 0. The van der Waals surface area contributed by atoms with Crippen LogP contribution in [0.2, 0.25) is 0 Å². The summed E-state index contributed by atoms with van der Waals surface area (Å²) in [5.74, 6) is -2.02. The van der Waals surface area contributed by atoms with Crippen LogP contribution in [0.1, 0.15) is 168 Å². The zero-order valence-electron chi connectivity index (χ0n) is 39.1. The Morgan fingerprint density at radius 3 is 1.39 bits per heavy atom. The molecule has 12 nitrogen and oxygen atoms in total. The highest BCUT2D eigenvalue weighted by Gasteiger charge is 2.46. The number of esters is 2. The van der Waals surface area contributed by atoms with E-state index in [1.165, 1.54) is 6.42 Å². The molecule has 1 heterocycles. The average Bonchev–Trinajstić information content (AvgIpc) is 3.26. The largest absolute Gasteiger partial charge is 0.462 e. The molecule has 0 aromatic carbocycles. The van der Waals surface area contributed by atoms with Gasteiger partial charge in [0.05, 0.1) is 6.61 Å². The lowest BCUT2D eigenvalue weighted by Crippen LogP contribution is -2.60. The van der Waals surface area contributed by atoms with Crippen molar-refractivity contribution in [1.82, 2.24) is 0 Å². The van der Waals surface area contributed by atoms with E-state index in [0.29, 0.717) is 12.8 Å². The number of allylic oxidation sites excluding steroid dienone is 14. The Morgan fingerprint density at radius 1 is 0.531 bits per heavy atom. The third-order valence-corrected chi connectivity index (χ3v) is 11.2. The Morgan fingerprint density at radius 2 is 0.938 bits per heavy atom. The van der Waals surface area contributed by atoms with E-state index in [0.717, 1.165) is 122 Å². The van der Waals surface area contributed by atoms with Crippen molar-refractivity contribution in [3.8, 4) is 0 Å². The first-order valence-electron chi connectivity index (χ1n) is 24.1. The fraction of sp³-hybridized carbons (Fsp3) is 0.686. The van der Waals surface area contributed by atoms with Crippen LogP contribution in [0.3, 0.4) is 0 Å². The van der Waals surface area contributed by atoms with Crippen molar-refractivity contribution in [2.75, 3.05) is 19.0 Å². The van der Waals surface area contributed by atoms with Crippen LogP contribution in [0.4, 0.5) is 0 Å². The van der Waals surface area contributed by atoms with Crippen molar-refractivity contribution in [3.05, 3.63) is 85.1 Å². The molecule has 0 aromatic heterocycles. The Bertz CT molecular complexity index is 1500. The maximum Gasteiger partial charge on any atom is 0.306 e. The number of aliphatic hydroxyl groups excluding tert-OH is 3. The van der Waals surface area contributed by atoms with Gasteiger partial charge in [0, 0.05) is 12.8 Å². The molecule has 0 spiro atoms. The molecule has 0 saturated carbocycles. The summed E-state index contributed by atoms with van der Waals surface area (Å²) in [5, 5.41) is 30.9. The highest BCUT2D eigenvalue weighted by atomic mass is 32.2. The third kappa shape index (κ3) is 34.2. The molecule has 1 aliphatic rings. The van der Waals surface area contributed by atoms with Crippen LogP contribution in [-0.2, 0) is 38.7 Å². The first-order valence-corrected chi connectivity index (χ1v) is 25.8. The van der Waals surface area contributed by atoms with Gasteiger partial charge in [-0.25, -0.2) is 0 Å². The standard InChI is InChI=1S/C51H84O12S/c1-3-5-7-9-11-13-15-17-19-21-22-24-26-28-30-32-34-36-38-40-47(53)62-44(42-61-51-50(56)49(55)48(54)45(63-51)43-64(57,58)59)41-60-46(52)39-37-35-33-31-29-27-25-23-20-18-16-14-12-10-8-6-4-2/h5-8,11-14,17-20,22,24,44-45,48-51,54-56H,3-4,9-10,15-16,21,23,25-43H2,1-2H3,(H,57,58,59)/b7-5-,8-6-,13-11-,14-12-,19-17-,20-18-,24-22-. The number of hydrogen-bond acceptors (Lipinski definition) is 11. The normalized spacial score (nSPS) is 20.4. The molecule has 6 unspecified atom stereocenters. The highest BCUT2D eigenvalue weighted by molar-refractivity contribution is 7.85. The number of unbranched alkanes of at least 4 members (excludes halogenated alkanes) is 13. The molecule has 1 fully saturated rings. The summed E-state index contributed by atoms with van der Waals surface area (Å²) >= 11 is 0. The topological polar surface area (TPSA) is 186 Å². The lowest BCUT2D eigenvalue weighted by Gasteiger charge is -2.40. The molecule has 1 aliphatic heterocycles. The first kappa shape index (κ1) is 58.8. The predicted octanol–water partition coefficient (Wildman–Crippen LogP) is 10.4. The Labute approximate surface area is 386 Å². The zero-order valence-corrected chi connectivity index (χ0v) is 39.9. The molecule has 0 radical (unpaired) electrons. The number of aliphatic hydroxyl groups is 3. The molecule has 1 saturated heterocycles. The van der Waals surface area contributed by atoms with Gasteiger partial charge in [-0.2, -0.15) is 8.42 Å². The summed E-state index contributed by atoms with van der Waals surface area (Å²) < 4.78 is 54.2. The minimum atomic E-state index is -4.61. The Balaban J connectivity index is 2.43. The summed E-state index contributed by atoms with van der Waals surface area (Å²) in [5.41, 5.74) is 0. The monoisotopic (exact) mass is 921 g/mol. The number of rotatable bonds is 39. The molecule has 0 aliphatic carbocycles. The van der Waals surface area contributed by atoms with Gasteiger partial charge in [-0.3, -0.25) is 14.1 Å². The Kier molecular flexibility index (Phi) is 36.9. The number of hydrogen-bond donors (Lipinski definition) is 4. The molecule has 0 aromatic rings. The van der Waals surface area contributed by atoms with Gasteiger partial charge >= 0.3 is 11.9 Å². The Hall–Kier alpha value is -3.17. The molecule has 366 valence electrons. The molecule has 4 N–H and O–H groups in total. The lowest BCUT2D eigenvalue weighted by molar-refractivity contribution is -0.297. The molecule has 64 heavy (non-hydrogen) atoms. The highest BCUT2D eigenvalue weighted by Crippen LogP contribution is 2.24. The zero-order chi connectivity index (χ0) is 46.9. The van der Waals surface area contributed by atoms with Gasteiger partial charge in [0.1, 0.15) is 36.8 Å². The van der Waals surface area contributed by atoms with Crippen molar-refractivity contribution in [1.29, 1.82) is 0 Å². The second-order valence-corrected chi connectivity index (χ2v) is 17.9. The van der Waals surface area contributed by atoms with Crippen LogP contribution in [0.5, 0.6) is 0 Å². The second-order valence-electron chi connectivity index (χ2n) is 16.4. The summed E-state index contributed by atoms with van der Waals surface area (Å²) in [6.45, 7) is 3.52. The van der Waals surface area contributed by atoms with E-state index in [-0.39, 0.29) is 19.4 Å². The maximum atomic E-state index is 12.9. The summed E-state index contributed by atoms with van der Waals surface area (Å²) in [6.07, 6.45) is 43.3. The van der Waals surface area contributed by atoms with E-state index < -0.39 is 71.2 Å². The second kappa shape index (κ2) is 40.1. The fourth-order valence-corrected chi connectivity index (χ4v) is 7.49. The van der Waals surface area contributed by atoms with Crippen LogP contribution >= 0.6 is 0 Å². The third-order valence-electron chi connectivity index (χ3n) is 10.5. The van der Waals surface area contributed by atoms with E-state index in [1.807, 2.05) is 0 Å². The van der Waals surface area contributed by atoms with Crippen LogP contribution in [0.25, 0.3) is 0 Å². The minimum absolute atomic E-state index is 0.141. The van der Waals surface area contributed by atoms with Gasteiger partial charge in [-0.15, -0.1) is 0 Å². The van der Waals surface area contributed by atoms with Crippen molar-refractivity contribution in [2.45, 2.75) is 205 Å². The van der Waals surface area contributed by atoms with Crippen LogP contribution in [0, 0.1) is 0 Å². The van der Waals surface area contributed by atoms with Crippen LogP contribution in [-0.4, -0.2) is 96.0 Å². The number of ether oxygens (including phenoxy) is 4. The number of carbonyl (C=O) groups excluding carboxylic acids is 2. The SMILES string of the molecule is CC/C=C\C/C=C\C/C=C\C/C=C\CCCCCCCCC(=O)OC(COC(=O)CCCCCCCCC/C=C\C/C=C\C/C=C\CC)COC1OC(CS(=O)(=O)O)C(O)C(O)C1O. The maximum absolute atomic E-state index is 12.9. The van der Waals surface area contributed by atoms with Crippen LogP contribution < -0.4 is 0 Å². The van der Waals surface area contributed by atoms with E-state index in [2.05, 4.69) is 98.9 Å². The van der Waals surface area contributed by atoms with Gasteiger partial charge in [-0.05, 0) is 83.5 Å². The summed E-state index contributed by atoms with van der Waals surface area (Å²) in [7, 11) is -4.61. The van der Waals surface area contributed by atoms with Gasteiger partial charge in [0.25, 0.3) is 10.1 Å². The van der Waals surface area contributed by atoms with Crippen molar-refractivity contribution in [3.63, 3.8) is 0 Å². The average molecular weight is 921 g/mol. The van der Waals surface area contributed by atoms with E-state index in [9.17, 15) is 37.9 Å². The van der Waals surface area contributed by atoms with Gasteiger partial charge < -0.3 is 34.3 Å². The van der Waals surface area contributed by atoms with Crippen molar-refractivity contribution >= 4 is 22.1 Å².